The molecular weight excluding hydrogens is 240 g/mol. The van der Waals surface area contributed by atoms with E-state index in [2.05, 4.69) is 11.0 Å². The van der Waals surface area contributed by atoms with Gasteiger partial charge in [0.2, 0.25) is 0 Å². The fourth-order valence-electron chi connectivity index (χ4n) is 1.61. The predicted molar refractivity (Wildman–Crippen MR) is 67.7 cm³/mol. The van der Waals surface area contributed by atoms with Gasteiger partial charge in [0.1, 0.15) is 27.6 Å². The number of hydrogen-bond acceptors (Lipinski definition) is 6. The van der Waals surface area contributed by atoms with Crippen LogP contribution in [-0.4, -0.2) is 24.6 Å². The van der Waals surface area contributed by atoms with E-state index >= 15 is 0 Å². The Bertz CT molecular complexity index is 474. The van der Waals surface area contributed by atoms with Gasteiger partial charge in [-0.3, -0.25) is 0 Å². The highest BCUT2D eigenvalue weighted by atomic mass is 32.2. The SMILES string of the molecule is N#Cc1sc(N2CCSCC2)c(C#N)c1N. The van der Waals surface area contributed by atoms with E-state index in [4.69, 9.17) is 16.3 Å². The van der Waals surface area contributed by atoms with Gasteiger partial charge in [0.05, 0.1) is 5.69 Å². The van der Waals surface area contributed by atoms with E-state index in [0.29, 0.717) is 16.1 Å². The van der Waals surface area contributed by atoms with Crippen molar-refractivity contribution in [1.29, 1.82) is 10.5 Å². The van der Waals surface area contributed by atoms with Crippen LogP contribution in [0.5, 0.6) is 0 Å². The molecule has 2 N–H and O–H groups in total. The second-order valence-electron chi connectivity index (χ2n) is 3.35. The number of nitrogens with two attached hydrogens (primary N) is 1. The Labute approximate surface area is 102 Å². The highest BCUT2D eigenvalue weighted by Crippen LogP contribution is 2.38. The average Bonchev–Trinajstić information content (AvgIpc) is 2.66. The molecule has 6 heteroatoms. The minimum Gasteiger partial charge on any atom is -0.396 e. The third-order valence-electron chi connectivity index (χ3n) is 2.44. The summed E-state index contributed by atoms with van der Waals surface area (Å²) in [7, 11) is 0. The van der Waals surface area contributed by atoms with Crippen molar-refractivity contribution in [3.05, 3.63) is 10.4 Å². The second-order valence-corrected chi connectivity index (χ2v) is 5.57. The molecule has 1 fully saturated rings. The first kappa shape index (κ1) is 11.1. The molecule has 0 aromatic carbocycles. The van der Waals surface area contributed by atoms with Crippen LogP contribution < -0.4 is 10.6 Å². The Morgan fingerprint density at radius 3 is 2.44 bits per heavy atom. The van der Waals surface area contributed by atoms with Crippen LogP contribution in [0, 0.1) is 22.7 Å². The topological polar surface area (TPSA) is 76.8 Å². The molecule has 0 aliphatic carbocycles. The Morgan fingerprint density at radius 1 is 1.19 bits per heavy atom. The number of rotatable bonds is 1. The number of nitriles is 2. The van der Waals surface area contributed by atoms with Gasteiger partial charge in [0, 0.05) is 24.6 Å². The van der Waals surface area contributed by atoms with Crippen LogP contribution in [0.25, 0.3) is 0 Å². The van der Waals surface area contributed by atoms with Gasteiger partial charge >= 0.3 is 0 Å². The largest absolute Gasteiger partial charge is 0.396 e. The van der Waals surface area contributed by atoms with Gasteiger partial charge in [-0.25, -0.2) is 0 Å². The molecule has 0 saturated carbocycles. The summed E-state index contributed by atoms with van der Waals surface area (Å²) >= 11 is 3.23. The van der Waals surface area contributed by atoms with Crippen LogP contribution >= 0.6 is 23.1 Å². The van der Waals surface area contributed by atoms with Gasteiger partial charge in [-0.15, -0.1) is 11.3 Å². The maximum absolute atomic E-state index is 9.07. The van der Waals surface area contributed by atoms with Gasteiger partial charge < -0.3 is 10.6 Å². The zero-order chi connectivity index (χ0) is 11.5. The average molecular weight is 250 g/mol. The molecule has 1 aromatic rings. The Balaban J connectivity index is 2.40. The van der Waals surface area contributed by atoms with E-state index in [1.165, 1.54) is 11.3 Å². The quantitative estimate of drug-likeness (QED) is 0.819. The number of hydrogen-bond donors (Lipinski definition) is 1. The summed E-state index contributed by atoms with van der Waals surface area (Å²) in [5, 5.41) is 18.8. The number of thioether (sulfide) groups is 1. The van der Waals surface area contributed by atoms with Crippen molar-refractivity contribution >= 4 is 33.8 Å². The fourth-order valence-corrected chi connectivity index (χ4v) is 3.54. The van der Waals surface area contributed by atoms with Gasteiger partial charge in [-0.1, -0.05) is 0 Å². The van der Waals surface area contributed by atoms with Crippen molar-refractivity contribution in [3.8, 4) is 12.1 Å². The highest BCUT2D eigenvalue weighted by Gasteiger charge is 2.21. The van der Waals surface area contributed by atoms with E-state index in [9.17, 15) is 0 Å². The summed E-state index contributed by atoms with van der Waals surface area (Å²) in [6, 6.07) is 4.14. The van der Waals surface area contributed by atoms with Crippen LogP contribution in [0.2, 0.25) is 0 Å². The van der Waals surface area contributed by atoms with E-state index in [1.807, 2.05) is 17.8 Å². The predicted octanol–water partition coefficient (Wildman–Crippen LogP) is 1.63. The molecule has 0 radical (unpaired) electrons. The molecule has 2 rings (SSSR count). The summed E-state index contributed by atoms with van der Waals surface area (Å²) < 4.78 is 0. The zero-order valence-corrected chi connectivity index (χ0v) is 10.2. The van der Waals surface area contributed by atoms with Crippen molar-refractivity contribution in [2.45, 2.75) is 0 Å². The van der Waals surface area contributed by atoms with Gasteiger partial charge in [-0.05, 0) is 0 Å². The van der Waals surface area contributed by atoms with Gasteiger partial charge in [-0.2, -0.15) is 22.3 Å². The van der Waals surface area contributed by atoms with E-state index in [-0.39, 0.29) is 0 Å². The normalized spacial score (nSPS) is 15.5. The maximum atomic E-state index is 9.07. The molecule has 2 heterocycles. The van der Waals surface area contributed by atoms with Crippen LogP contribution in [0.1, 0.15) is 10.4 Å². The fraction of sp³-hybridized carbons (Fsp3) is 0.400. The molecule has 4 nitrogen and oxygen atoms in total. The van der Waals surface area contributed by atoms with E-state index in [1.54, 1.807) is 0 Å². The molecule has 0 unspecified atom stereocenters. The number of nitrogens with zero attached hydrogens (tertiary/aromatic N) is 3. The van der Waals surface area contributed by atoms with Crippen molar-refractivity contribution in [1.82, 2.24) is 0 Å². The van der Waals surface area contributed by atoms with Gasteiger partial charge in [0.25, 0.3) is 0 Å². The second kappa shape index (κ2) is 4.65. The molecule has 0 atom stereocenters. The standard InChI is InChI=1S/C10H10N4S2/c11-5-7-9(13)8(6-12)16-10(7)14-1-3-15-4-2-14/h1-4,13H2. The first-order chi connectivity index (χ1) is 7.77. The van der Waals surface area contributed by atoms with Crippen LogP contribution in [0.15, 0.2) is 0 Å². The first-order valence-electron chi connectivity index (χ1n) is 4.83. The molecule has 16 heavy (non-hydrogen) atoms. The summed E-state index contributed by atoms with van der Waals surface area (Å²) in [4.78, 5) is 2.60. The third-order valence-corrected chi connectivity index (χ3v) is 4.55. The van der Waals surface area contributed by atoms with Gasteiger partial charge in [0.15, 0.2) is 0 Å². The van der Waals surface area contributed by atoms with Crippen LogP contribution in [0.4, 0.5) is 10.7 Å². The smallest absolute Gasteiger partial charge is 0.131 e. The molecular formula is C10H10N4S2. The minimum absolute atomic E-state index is 0.336. The molecule has 0 bridgehead atoms. The molecule has 1 aliphatic rings. The Morgan fingerprint density at radius 2 is 1.88 bits per heavy atom. The monoisotopic (exact) mass is 250 g/mol. The zero-order valence-electron chi connectivity index (χ0n) is 8.56. The Hall–Kier alpha value is -1.37. The third kappa shape index (κ3) is 1.82. The first-order valence-corrected chi connectivity index (χ1v) is 6.80. The number of anilines is 2. The molecule has 82 valence electrons. The molecule has 1 aliphatic heterocycles. The summed E-state index contributed by atoms with van der Waals surface area (Å²) in [6.07, 6.45) is 0. The summed E-state index contributed by atoms with van der Waals surface area (Å²) in [5.74, 6) is 2.12. The van der Waals surface area contributed by atoms with Crippen molar-refractivity contribution in [3.63, 3.8) is 0 Å². The lowest BCUT2D eigenvalue weighted by molar-refractivity contribution is 0.867. The lowest BCUT2D eigenvalue weighted by Gasteiger charge is -2.27. The minimum atomic E-state index is 0.336. The Kier molecular flexibility index (Phi) is 3.23. The van der Waals surface area contributed by atoms with Crippen molar-refractivity contribution in [2.75, 3.05) is 35.2 Å². The lowest BCUT2D eigenvalue weighted by atomic mass is 10.2. The molecule has 1 aromatic heterocycles. The highest BCUT2D eigenvalue weighted by molar-refractivity contribution is 7.99. The molecule has 1 saturated heterocycles. The maximum Gasteiger partial charge on any atom is 0.131 e. The number of nitrogen functional groups attached to an aromatic ring is 1. The van der Waals surface area contributed by atoms with Crippen molar-refractivity contribution in [2.24, 2.45) is 0 Å². The number of thiophene rings is 1. The van der Waals surface area contributed by atoms with Crippen molar-refractivity contribution < 1.29 is 0 Å². The van der Waals surface area contributed by atoms with Crippen LogP contribution in [-0.2, 0) is 0 Å². The summed E-state index contributed by atoms with van der Waals surface area (Å²) in [6.45, 7) is 1.84. The summed E-state index contributed by atoms with van der Waals surface area (Å²) in [5.41, 5.74) is 6.57. The molecule has 0 amide bonds. The lowest BCUT2D eigenvalue weighted by Crippen LogP contribution is -2.32. The van der Waals surface area contributed by atoms with E-state index < -0.39 is 0 Å². The van der Waals surface area contributed by atoms with E-state index in [0.717, 1.165) is 29.6 Å². The van der Waals surface area contributed by atoms with Crippen LogP contribution in [0.3, 0.4) is 0 Å². The molecule has 0 spiro atoms.